The summed E-state index contributed by atoms with van der Waals surface area (Å²) in [6.45, 7) is 0.148. The molecule has 0 spiro atoms. The molecule has 122 valence electrons. The molecule has 0 saturated heterocycles. The van der Waals surface area contributed by atoms with E-state index in [0.717, 1.165) is 5.56 Å². The van der Waals surface area contributed by atoms with Crippen LogP contribution < -0.4 is 10.2 Å². The quantitative estimate of drug-likeness (QED) is 0.309. The van der Waals surface area contributed by atoms with Crippen LogP contribution in [0.4, 0.5) is 11.5 Å². The highest BCUT2D eigenvalue weighted by molar-refractivity contribution is 9.11. The predicted octanol–water partition coefficient (Wildman–Crippen LogP) is 3.97. The molecule has 1 aromatic carbocycles. The molecule has 0 aliphatic heterocycles. The minimum atomic E-state index is -0.532. The number of rotatable bonds is 6. The number of aromatic nitrogens is 1. The molecule has 1 N–H and O–H groups in total. The van der Waals surface area contributed by atoms with Gasteiger partial charge in [0.15, 0.2) is 0 Å². The van der Waals surface area contributed by atoms with Crippen molar-refractivity contribution in [1.29, 1.82) is 0 Å². The molecular weight excluding hydrogens is 444 g/mol. The summed E-state index contributed by atoms with van der Waals surface area (Å²) in [4.78, 5) is 14.3. The highest BCUT2D eigenvalue weighted by Crippen LogP contribution is 2.34. The Balaban J connectivity index is 2.16. The van der Waals surface area contributed by atoms with Gasteiger partial charge in [-0.15, -0.1) is 6.42 Å². The largest absolute Gasteiger partial charge is 0.479 e. The SMILES string of the molecule is C#CCOc1c(Br)cc(/C=N\Nc2ncccc2[N+](=O)[O-])cc1Br. The third-order valence-corrected chi connectivity index (χ3v) is 3.87. The van der Waals surface area contributed by atoms with Gasteiger partial charge in [0, 0.05) is 12.3 Å². The minimum Gasteiger partial charge on any atom is -0.479 e. The van der Waals surface area contributed by atoms with Gasteiger partial charge in [0.05, 0.1) is 20.1 Å². The summed E-state index contributed by atoms with van der Waals surface area (Å²) in [5.41, 5.74) is 3.13. The average molecular weight is 454 g/mol. The Morgan fingerprint density at radius 2 is 2.17 bits per heavy atom. The fourth-order valence-electron chi connectivity index (χ4n) is 1.70. The van der Waals surface area contributed by atoms with Gasteiger partial charge in [0.25, 0.3) is 0 Å². The first-order chi connectivity index (χ1) is 11.5. The zero-order valence-corrected chi connectivity index (χ0v) is 15.2. The summed E-state index contributed by atoms with van der Waals surface area (Å²) in [5.74, 6) is 3.03. The number of halogens is 2. The molecule has 7 nitrogen and oxygen atoms in total. The van der Waals surface area contributed by atoms with Gasteiger partial charge in [0.1, 0.15) is 12.4 Å². The third-order valence-electron chi connectivity index (χ3n) is 2.69. The molecule has 24 heavy (non-hydrogen) atoms. The van der Waals surface area contributed by atoms with Gasteiger partial charge in [-0.05, 0) is 55.6 Å². The number of nitrogens with one attached hydrogen (secondary N) is 1. The molecule has 9 heteroatoms. The van der Waals surface area contributed by atoms with Crippen LogP contribution in [0.5, 0.6) is 5.75 Å². The molecular formula is C15H10Br2N4O3. The van der Waals surface area contributed by atoms with Gasteiger partial charge in [-0.1, -0.05) is 5.92 Å². The summed E-state index contributed by atoms with van der Waals surface area (Å²) < 4.78 is 6.80. The van der Waals surface area contributed by atoms with Crippen molar-refractivity contribution in [1.82, 2.24) is 4.98 Å². The number of hydrazone groups is 1. The summed E-state index contributed by atoms with van der Waals surface area (Å²) in [7, 11) is 0. The van der Waals surface area contributed by atoms with E-state index in [9.17, 15) is 10.1 Å². The minimum absolute atomic E-state index is 0.0610. The van der Waals surface area contributed by atoms with Crippen LogP contribution >= 0.6 is 31.9 Å². The standard InChI is InChI=1S/C15H10Br2N4O3/c1-2-6-24-14-11(16)7-10(8-12(14)17)9-19-20-15-13(21(22)23)4-3-5-18-15/h1,3-5,7-9H,6H2,(H,18,20)/b19-9-. The normalized spacial score (nSPS) is 10.4. The lowest BCUT2D eigenvalue weighted by Gasteiger charge is -2.08. The van der Waals surface area contributed by atoms with Crippen LogP contribution in [0.3, 0.4) is 0 Å². The van der Waals surface area contributed by atoms with E-state index in [0.29, 0.717) is 14.7 Å². The highest BCUT2D eigenvalue weighted by Gasteiger charge is 2.13. The van der Waals surface area contributed by atoms with Crippen LogP contribution in [0.2, 0.25) is 0 Å². The Morgan fingerprint density at radius 1 is 1.46 bits per heavy atom. The van der Waals surface area contributed by atoms with Crippen molar-refractivity contribution in [2.45, 2.75) is 0 Å². The van der Waals surface area contributed by atoms with Crippen molar-refractivity contribution < 1.29 is 9.66 Å². The second-order valence-corrected chi connectivity index (χ2v) is 6.01. The van der Waals surface area contributed by atoms with Crippen LogP contribution in [-0.4, -0.2) is 22.7 Å². The van der Waals surface area contributed by atoms with Gasteiger partial charge < -0.3 is 4.74 Å². The van der Waals surface area contributed by atoms with Crippen molar-refractivity contribution in [2.75, 3.05) is 12.0 Å². The molecule has 0 aliphatic carbocycles. The number of hydrogen-bond donors (Lipinski definition) is 1. The smallest absolute Gasteiger partial charge is 0.313 e. The topological polar surface area (TPSA) is 89.7 Å². The maximum Gasteiger partial charge on any atom is 0.313 e. The Labute approximate surface area is 154 Å². The van der Waals surface area contributed by atoms with E-state index in [1.165, 1.54) is 24.5 Å². The fraction of sp³-hybridized carbons (Fsp3) is 0.0667. The second-order valence-electron chi connectivity index (χ2n) is 4.30. The number of benzene rings is 1. The first-order valence-corrected chi connectivity index (χ1v) is 8.05. The summed E-state index contributed by atoms with van der Waals surface area (Å²) in [5, 5.41) is 14.9. The monoisotopic (exact) mass is 452 g/mol. The van der Waals surface area contributed by atoms with Crippen LogP contribution in [-0.2, 0) is 0 Å². The number of pyridine rings is 1. The van der Waals surface area contributed by atoms with Crippen LogP contribution in [0, 0.1) is 22.5 Å². The molecule has 0 amide bonds. The number of hydrogen-bond acceptors (Lipinski definition) is 6. The van der Waals surface area contributed by atoms with Gasteiger partial charge in [-0.3, -0.25) is 15.5 Å². The second kappa shape index (κ2) is 8.42. The molecule has 2 aromatic rings. The number of nitrogens with zero attached hydrogens (tertiary/aromatic N) is 3. The molecule has 0 unspecified atom stereocenters. The van der Waals surface area contributed by atoms with E-state index < -0.39 is 4.92 Å². The van der Waals surface area contributed by atoms with Gasteiger partial charge in [-0.25, -0.2) is 4.98 Å². The van der Waals surface area contributed by atoms with Gasteiger partial charge in [0.2, 0.25) is 5.82 Å². The molecule has 0 fully saturated rings. The predicted molar refractivity (Wildman–Crippen MR) is 98.3 cm³/mol. The number of terminal acetylenes is 1. The molecule has 1 heterocycles. The Hall–Kier alpha value is -2.44. The molecule has 0 aliphatic rings. The average Bonchev–Trinajstić information content (AvgIpc) is 2.54. The summed E-state index contributed by atoms with van der Waals surface area (Å²) in [6.07, 6.45) is 8.11. The summed E-state index contributed by atoms with van der Waals surface area (Å²) >= 11 is 6.78. The Morgan fingerprint density at radius 3 is 2.79 bits per heavy atom. The van der Waals surface area contributed by atoms with Crippen molar-refractivity contribution in [3.8, 4) is 18.1 Å². The zero-order chi connectivity index (χ0) is 17.5. The Bertz CT molecular complexity index is 811. The van der Waals surface area contributed by atoms with E-state index in [1.54, 1.807) is 12.1 Å². The van der Waals surface area contributed by atoms with Crippen molar-refractivity contribution in [2.24, 2.45) is 5.10 Å². The number of anilines is 1. The van der Waals surface area contributed by atoms with Crippen LogP contribution in [0.1, 0.15) is 5.56 Å². The van der Waals surface area contributed by atoms with Crippen LogP contribution in [0.15, 0.2) is 44.5 Å². The molecule has 0 bridgehead atoms. The van der Waals surface area contributed by atoms with E-state index >= 15 is 0 Å². The van der Waals surface area contributed by atoms with Crippen molar-refractivity contribution in [3.05, 3.63) is 55.1 Å². The third kappa shape index (κ3) is 4.53. The molecule has 2 rings (SSSR count). The first kappa shape index (κ1) is 17.9. The fourth-order valence-corrected chi connectivity index (χ4v) is 3.15. The zero-order valence-electron chi connectivity index (χ0n) is 12.1. The van der Waals surface area contributed by atoms with Crippen molar-refractivity contribution >= 4 is 49.6 Å². The summed E-state index contributed by atoms with van der Waals surface area (Å²) in [6, 6.07) is 6.37. The van der Waals surface area contributed by atoms with E-state index in [-0.39, 0.29) is 18.1 Å². The van der Waals surface area contributed by atoms with E-state index in [2.05, 4.69) is 53.3 Å². The first-order valence-electron chi connectivity index (χ1n) is 6.46. The lowest BCUT2D eigenvalue weighted by atomic mass is 10.2. The van der Waals surface area contributed by atoms with Crippen LogP contribution in [0.25, 0.3) is 0 Å². The number of nitro groups is 1. The Kier molecular flexibility index (Phi) is 6.28. The lowest BCUT2D eigenvalue weighted by Crippen LogP contribution is -1.99. The molecule has 1 aromatic heterocycles. The van der Waals surface area contributed by atoms with E-state index in [4.69, 9.17) is 11.2 Å². The number of ether oxygens (including phenoxy) is 1. The lowest BCUT2D eigenvalue weighted by molar-refractivity contribution is -0.384. The van der Waals surface area contributed by atoms with Gasteiger partial charge >= 0.3 is 5.69 Å². The maximum absolute atomic E-state index is 10.9. The van der Waals surface area contributed by atoms with Gasteiger partial charge in [-0.2, -0.15) is 5.10 Å². The molecule has 0 saturated carbocycles. The highest BCUT2D eigenvalue weighted by atomic mass is 79.9. The van der Waals surface area contributed by atoms with E-state index in [1.807, 2.05) is 0 Å². The maximum atomic E-state index is 10.9. The van der Waals surface area contributed by atoms with Crippen molar-refractivity contribution in [3.63, 3.8) is 0 Å². The molecule has 0 atom stereocenters. The molecule has 0 radical (unpaired) electrons.